The van der Waals surface area contributed by atoms with Gasteiger partial charge in [0.25, 0.3) is 0 Å². The first-order valence-corrected chi connectivity index (χ1v) is 10.6. The van der Waals surface area contributed by atoms with Crippen molar-refractivity contribution in [3.63, 3.8) is 0 Å². The average molecular weight is 387 g/mol. The quantitative estimate of drug-likeness (QED) is 0.628. The minimum Gasteiger partial charge on any atom is -0.393 e. The fourth-order valence-corrected chi connectivity index (χ4v) is 4.87. The molecule has 1 unspecified atom stereocenters. The molecule has 2 fully saturated rings. The third-order valence-corrected chi connectivity index (χ3v) is 6.61. The highest BCUT2D eigenvalue weighted by Gasteiger charge is 2.43. The maximum atomic E-state index is 9.98. The van der Waals surface area contributed by atoms with Crippen LogP contribution in [0.25, 0.3) is 0 Å². The average Bonchev–Trinajstić information content (AvgIpc) is 2.85. The largest absolute Gasteiger partial charge is 0.393 e. The van der Waals surface area contributed by atoms with Gasteiger partial charge < -0.3 is 15.3 Å². The zero-order valence-electron chi connectivity index (χ0n) is 18.2. The van der Waals surface area contributed by atoms with Gasteiger partial charge in [-0.25, -0.2) is 0 Å². The lowest BCUT2D eigenvalue weighted by Gasteiger charge is -2.35. The van der Waals surface area contributed by atoms with Crippen LogP contribution < -0.4 is 0 Å². The highest BCUT2D eigenvalue weighted by atomic mass is 16.3. The van der Waals surface area contributed by atoms with Gasteiger partial charge in [-0.15, -0.1) is 5.92 Å². The van der Waals surface area contributed by atoms with E-state index in [4.69, 9.17) is 0 Å². The van der Waals surface area contributed by atoms with Crippen LogP contribution in [-0.2, 0) is 0 Å². The molecule has 0 saturated heterocycles. The third kappa shape index (κ3) is 5.83. The summed E-state index contributed by atoms with van der Waals surface area (Å²) in [6.45, 7) is 14.4. The number of hydrogen-bond acceptors (Lipinski definition) is 3. The normalized spacial score (nSPS) is 33.1. The molecular weight excluding hydrogens is 348 g/mol. The Bertz CT molecular complexity index is 681. The molecule has 0 aromatic rings. The van der Waals surface area contributed by atoms with E-state index in [1.54, 1.807) is 13.8 Å². The Kier molecular flexibility index (Phi) is 7.37. The van der Waals surface area contributed by atoms with Crippen LogP contribution in [-0.4, -0.2) is 33.1 Å². The summed E-state index contributed by atoms with van der Waals surface area (Å²) >= 11 is 0. The van der Waals surface area contributed by atoms with Gasteiger partial charge in [0.2, 0.25) is 0 Å². The van der Waals surface area contributed by atoms with Gasteiger partial charge in [-0.05, 0) is 67.4 Å². The summed E-state index contributed by atoms with van der Waals surface area (Å²) in [5, 5.41) is 29.6. The van der Waals surface area contributed by atoms with Gasteiger partial charge in [0.15, 0.2) is 0 Å². The lowest BCUT2D eigenvalue weighted by molar-refractivity contribution is 0.0862. The summed E-state index contributed by atoms with van der Waals surface area (Å²) in [5.74, 6) is 7.68. The second-order valence-electron chi connectivity index (χ2n) is 9.87. The maximum absolute atomic E-state index is 9.98. The van der Waals surface area contributed by atoms with E-state index in [1.807, 2.05) is 6.08 Å². The Balaban J connectivity index is 2.02. The number of aliphatic hydroxyl groups is 3. The minimum absolute atomic E-state index is 0.188. The van der Waals surface area contributed by atoms with Gasteiger partial charge in [-0.3, -0.25) is 0 Å². The van der Waals surface area contributed by atoms with E-state index in [0.717, 1.165) is 24.0 Å². The van der Waals surface area contributed by atoms with E-state index < -0.39 is 17.8 Å². The van der Waals surface area contributed by atoms with Gasteiger partial charge >= 0.3 is 0 Å². The van der Waals surface area contributed by atoms with Crippen LogP contribution in [0.5, 0.6) is 0 Å². The van der Waals surface area contributed by atoms with Crippen molar-refractivity contribution in [3.8, 4) is 11.8 Å². The molecular formula is C25H38O3. The molecule has 2 rings (SSSR count). The van der Waals surface area contributed by atoms with E-state index in [1.165, 1.54) is 6.42 Å². The molecule has 0 bridgehead atoms. The summed E-state index contributed by atoms with van der Waals surface area (Å²) in [7, 11) is 0. The highest BCUT2D eigenvalue weighted by Crippen LogP contribution is 2.51. The van der Waals surface area contributed by atoms with Crippen molar-refractivity contribution in [3.05, 3.63) is 36.0 Å². The predicted octanol–water partition coefficient (Wildman–Crippen LogP) is 4.39. The molecule has 0 aromatic heterocycles. The van der Waals surface area contributed by atoms with Gasteiger partial charge in [0.05, 0.1) is 12.2 Å². The first-order valence-electron chi connectivity index (χ1n) is 10.6. The van der Waals surface area contributed by atoms with Crippen molar-refractivity contribution in [1.82, 2.24) is 0 Å². The third-order valence-electron chi connectivity index (χ3n) is 6.61. The van der Waals surface area contributed by atoms with Crippen molar-refractivity contribution in [2.75, 3.05) is 0 Å². The maximum Gasteiger partial charge on any atom is 0.119 e. The minimum atomic E-state index is -0.923. The van der Waals surface area contributed by atoms with E-state index in [9.17, 15) is 15.3 Å². The second-order valence-corrected chi connectivity index (χ2v) is 9.87. The highest BCUT2D eigenvalue weighted by molar-refractivity contribution is 5.37. The molecule has 0 amide bonds. The second kappa shape index (κ2) is 8.99. The number of rotatable bonds is 4. The van der Waals surface area contributed by atoms with E-state index in [2.05, 4.69) is 51.3 Å². The van der Waals surface area contributed by atoms with Crippen LogP contribution in [0.15, 0.2) is 36.0 Å². The Morgan fingerprint density at radius 3 is 2.61 bits per heavy atom. The molecule has 5 atom stereocenters. The van der Waals surface area contributed by atoms with Crippen molar-refractivity contribution in [2.45, 2.75) is 84.5 Å². The summed E-state index contributed by atoms with van der Waals surface area (Å²) in [6, 6.07) is 0. The van der Waals surface area contributed by atoms with Gasteiger partial charge in [0.1, 0.15) is 5.60 Å². The van der Waals surface area contributed by atoms with E-state index in [-0.39, 0.29) is 5.41 Å². The molecule has 2 aliphatic rings. The summed E-state index contributed by atoms with van der Waals surface area (Å²) in [4.78, 5) is 0. The molecule has 0 aliphatic heterocycles. The number of aliphatic hydroxyl groups excluding tert-OH is 2. The van der Waals surface area contributed by atoms with Crippen LogP contribution in [0.3, 0.4) is 0 Å². The summed E-state index contributed by atoms with van der Waals surface area (Å²) < 4.78 is 0. The monoisotopic (exact) mass is 386 g/mol. The summed E-state index contributed by atoms with van der Waals surface area (Å²) in [6.07, 6.45) is 9.35. The topological polar surface area (TPSA) is 60.7 Å². The molecule has 156 valence electrons. The smallest absolute Gasteiger partial charge is 0.119 e. The lowest BCUT2D eigenvalue weighted by atomic mass is 9.70. The zero-order chi connectivity index (χ0) is 21.1. The molecule has 3 heteroatoms. The van der Waals surface area contributed by atoms with Gasteiger partial charge in [-0.2, -0.15) is 0 Å². The standard InChI is InChI=1S/C25H38O3/c1-17(9-8-14-24(3,4)28)22-13-12-20(25(22,5)6)11-7-10-19-15-21(26)16-23(27)18(19)2/h7,10-11,17,20-23,26-28H,2,9,12-13,15-16H2,1,3-6H3/b11-7+,19-10-/t17-,20?,21-,22-,23+/m1/s1. The van der Waals surface area contributed by atoms with Crippen LogP contribution in [0.2, 0.25) is 0 Å². The molecule has 0 spiro atoms. The Labute approximate surface area is 171 Å². The first kappa shape index (κ1) is 22.9. The van der Waals surface area contributed by atoms with Crippen LogP contribution >= 0.6 is 0 Å². The molecule has 3 nitrogen and oxygen atoms in total. The Morgan fingerprint density at radius 2 is 1.96 bits per heavy atom. The van der Waals surface area contributed by atoms with E-state index >= 15 is 0 Å². The molecule has 2 saturated carbocycles. The molecule has 0 radical (unpaired) electrons. The van der Waals surface area contributed by atoms with E-state index in [0.29, 0.717) is 30.6 Å². The zero-order valence-corrected chi connectivity index (χ0v) is 18.2. The molecule has 28 heavy (non-hydrogen) atoms. The van der Waals surface area contributed by atoms with Crippen molar-refractivity contribution in [1.29, 1.82) is 0 Å². The first-order chi connectivity index (χ1) is 12.9. The van der Waals surface area contributed by atoms with Crippen molar-refractivity contribution in [2.24, 2.45) is 23.2 Å². The lowest BCUT2D eigenvalue weighted by Crippen LogP contribution is -2.28. The molecule has 2 aliphatic carbocycles. The fraction of sp³-hybridized carbons (Fsp3) is 0.680. The number of hydrogen-bond donors (Lipinski definition) is 3. The SMILES string of the molecule is C=C1/C(=C\C=C\C2CC[C@H]([C@H](C)CC#CC(C)(C)O)C2(C)C)C[C@@H](O)C[C@@H]1O. The van der Waals surface area contributed by atoms with Crippen molar-refractivity contribution >= 4 is 0 Å². The summed E-state index contributed by atoms with van der Waals surface area (Å²) in [5.41, 5.74) is 0.948. The van der Waals surface area contributed by atoms with Gasteiger partial charge in [0, 0.05) is 12.8 Å². The van der Waals surface area contributed by atoms with Crippen LogP contribution in [0.1, 0.15) is 66.7 Å². The Morgan fingerprint density at radius 1 is 1.29 bits per heavy atom. The molecule has 0 heterocycles. The van der Waals surface area contributed by atoms with Crippen LogP contribution in [0.4, 0.5) is 0 Å². The van der Waals surface area contributed by atoms with Crippen molar-refractivity contribution < 1.29 is 15.3 Å². The number of allylic oxidation sites excluding steroid dienone is 3. The van der Waals surface area contributed by atoms with Crippen LogP contribution in [0, 0.1) is 35.0 Å². The van der Waals surface area contributed by atoms with Gasteiger partial charge in [-0.1, -0.05) is 51.5 Å². The Hall–Kier alpha value is -1.34. The molecule has 3 N–H and O–H groups in total. The fourth-order valence-electron chi connectivity index (χ4n) is 4.87. The molecule has 0 aromatic carbocycles. The predicted molar refractivity (Wildman–Crippen MR) is 115 cm³/mol.